The number of rotatable bonds is 7. The van der Waals surface area contributed by atoms with Crippen molar-refractivity contribution in [3.8, 4) is 0 Å². The van der Waals surface area contributed by atoms with Gasteiger partial charge in [0.15, 0.2) is 11.4 Å². The molecule has 0 bridgehead atoms. The maximum Gasteiger partial charge on any atom is 0.272 e. The van der Waals surface area contributed by atoms with Crippen LogP contribution in [0, 0.1) is 11.7 Å². The summed E-state index contributed by atoms with van der Waals surface area (Å²) in [5, 5.41) is 5.50. The van der Waals surface area contributed by atoms with E-state index in [1.807, 2.05) is 0 Å². The van der Waals surface area contributed by atoms with Gasteiger partial charge in [0.1, 0.15) is 5.82 Å². The Morgan fingerprint density at radius 3 is 2.31 bits per heavy atom. The molecule has 0 aliphatic heterocycles. The number of carbonyl (C=O) groups is 2. The number of halogens is 1. The highest BCUT2D eigenvalue weighted by Gasteiger charge is 2.32. The van der Waals surface area contributed by atoms with Gasteiger partial charge in [0.2, 0.25) is 0 Å². The van der Waals surface area contributed by atoms with Crippen LogP contribution >= 0.6 is 0 Å². The van der Waals surface area contributed by atoms with Gasteiger partial charge in [-0.05, 0) is 36.5 Å². The summed E-state index contributed by atoms with van der Waals surface area (Å²) in [6.45, 7) is 0.521. The van der Waals surface area contributed by atoms with Gasteiger partial charge in [-0.25, -0.2) is 14.4 Å². The second-order valence-corrected chi connectivity index (χ2v) is 6.22. The summed E-state index contributed by atoms with van der Waals surface area (Å²) in [5.41, 5.74) is 6.34. The van der Waals surface area contributed by atoms with Gasteiger partial charge in [0.25, 0.3) is 11.8 Å². The monoisotopic (exact) mass is 357 g/mol. The lowest BCUT2D eigenvalue weighted by atomic mass is 10.1. The summed E-state index contributed by atoms with van der Waals surface area (Å²) in [4.78, 5) is 32.9. The van der Waals surface area contributed by atoms with Crippen LogP contribution in [-0.2, 0) is 6.54 Å². The molecule has 7 nitrogen and oxygen atoms in total. The molecule has 8 heteroatoms. The third-order valence-electron chi connectivity index (χ3n) is 4.26. The summed E-state index contributed by atoms with van der Waals surface area (Å²) in [7, 11) is 0. The van der Waals surface area contributed by atoms with Crippen LogP contribution in [0.2, 0.25) is 0 Å². The molecule has 2 amide bonds. The number of carbonyl (C=O) groups excluding carboxylic acids is 2. The highest BCUT2D eigenvalue weighted by Crippen LogP contribution is 2.32. The number of aromatic nitrogens is 2. The second-order valence-electron chi connectivity index (χ2n) is 6.22. The van der Waals surface area contributed by atoms with E-state index in [2.05, 4.69) is 20.6 Å². The van der Waals surface area contributed by atoms with Crippen LogP contribution in [0.1, 0.15) is 39.4 Å². The molecule has 2 aromatic rings. The molecule has 1 unspecified atom stereocenters. The molecular formula is C18H20FN5O2. The molecule has 26 heavy (non-hydrogen) atoms. The molecule has 1 atom stereocenters. The minimum absolute atomic E-state index is 0.0387. The Balaban J connectivity index is 1.68. The van der Waals surface area contributed by atoms with Crippen molar-refractivity contribution in [1.82, 2.24) is 20.6 Å². The van der Waals surface area contributed by atoms with Crippen molar-refractivity contribution >= 4 is 11.8 Å². The molecule has 1 aliphatic carbocycles. The number of benzene rings is 1. The van der Waals surface area contributed by atoms with Crippen LogP contribution in [0.5, 0.6) is 0 Å². The number of nitrogens with zero attached hydrogens (tertiary/aromatic N) is 2. The third kappa shape index (κ3) is 4.40. The zero-order valence-corrected chi connectivity index (χ0v) is 14.1. The molecule has 1 heterocycles. The van der Waals surface area contributed by atoms with Gasteiger partial charge in [0, 0.05) is 31.5 Å². The van der Waals surface area contributed by atoms with Crippen LogP contribution in [0.25, 0.3) is 0 Å². The Labute approximate surface area is 150 Å². The maximum atomic E-state index is 12.9. The van der Waals surface area contributed by atoms with E-state index in [1.54, 1.807) is 12.1 Å². The highest BCUT2D eigenvalue weighted by atomic mass is 19.1. The first-order valence-corrected chi connectivity index (χ1v) is 8.43. The highest BCUT2D eigenvalue weighted by molar-refractivity contribution is 6.04. The van der Waals surface area contributed by atoms with Crippen molar-refractivity contribution in [2.24, 2.45) is 11.7 Å². The molecular weight excluding hydrogens is 337 g/mol. The number of amides is 2. The topological polar surface area (TPSA) is 110 Å². The molecule has 1 fully saturated rings. The number of nitrogens with one attached hydrogen (secondary N) is 2. The van der Waals surface area contributed by atoms with Crippen molar-refractivity contribution in [3.05, 3.63) is 59.4 Å². The average molecular weight is 357 g/mol. The fourth-order valence-electron chi connectivity index (χ4n) is 2.64. The van der Waals surface area contributed by atoms with E-state index >= 15 is 0 Å². The zero-order valence-electron chi connectivity index (χ0n) is 14.1. The van der Waals surface area contributed by atoms with E-state index in [1.165, 1.54) is 24.5 Å². The third-order valence-corrected chi connectivity index (χ3v) is 4.26. The Morgan fingerprint density at radius 2 is 1.73 bits per heavy atom. The number of hydrogen-bond donors (Lipinski definition) is 3. The number of nitrogens with two attached hydrogens (primary N) is 1. The first kappa shape index (κ1) is 17.9. The van der Waals surface area contributed by atoms with E-state index in [0.29, 0.717) is 12.5 Å². The molecule has 0 saturated heterocycles. The molecule has 0 spiro atoms. The van der Waals surface area contributed by atoms with Crippen molar-refractivity contribution in [1.29, 1.82) is 0 Å². The van der Waals surface area contributed by atoms with Crippen LogP contribution in [-0.4, -0.2) is 34.4 Å². The van der Waals surface area contributed by atoms with Crippen LogP contribution < -0.4 is 16.4 Å². The van der Waals surface area contributed by atoms with Gasteiger partial charge in [-0.2, -0.15) is 0 Å². The van der Waals surface area contributed by atoms with Crippen molar-refractivity contribution < 1.29 is 14.0 Å². The minimum atomic E-state index is -0.525. The van der Waals surface area contributed by atoms with E-state index < -0.39 is 11.8 Å². The van der Waals surface area contributed by atoms with Gasteiger partial charge in [0.05, 0.1) is 0 Å². The predicted octanol–water partition coefficient (Wildman–Crippen LogP) is 1.01. The Kier molecular flexibility index (Phi) is 5.52. The Hall–Kier alpha value is -2.87. The summed E-state index contributed by atoms with van der Waals surface area (Å²) < 4.78 is 12.9. The minimum Gasteiger partial charge on any atom is -0.347 e. The summed E-state index contributed by atoms with van der Waals surface area (Å²) in [5.74, 6) is -0.954. The van der Waals surface area contributed by atoms with Gasteiger partial charge < -0.3 is 16.4 Å². The quantitative estimate of drug-likeness (QED) is 0.685. The average Bonchev–Trinajstić information content (AvgIpc) is 3.50. The number of hydrogen-bond acceptors (Lipinski definition) is 5. The van der Waals surface area contributed by atoms with E-state index in [9.17, 15) is 14.0 Å². The summed E-state index contributed by atoms with van der Waals surface area (Å²) in [6, 6.07) is 5.64. The largest absolute Gasteiger partial charge is 0.347 e. The second kappa shape index (κ2) is 8.01. The lowest BCUT2D eigenvalue weighted by Crippen LogP contribution is -2.43. The molecule has 1 aromatic heterocycles. The molecule has 136 valence electrons. The molecule has 0 radical (unpaired) electrons. The van der Waals surface area contributed by atoms with Gasteiger partial charge in [-0.3, -0.25) is 9.59 Å². The molecule has 1 aliphatic rings. The molecule has 1 aromatic carbocycles. The van der Waals surface area contributed by atoms with Gasteiger partial charge in [-0.15, -0.1) is 0 Å². The summed E-state index contributed by atoms with van der Waals surface area (Å²) in [6.07, 6.45) is 4.78. The van der Waals surface area contributed by atoms with Crippen molar-refractivity contribution in [2.45, 2.75) is 25.4 Å². The van der Waals surface area contributed by atoms with Crippen LogP contribution in [0.4, 0.5) is 4.39 Å². The lowest BCUT2D eigenvalue weighted by molar-refractivity contribution is 0.0898. The first-order valence-electron chi connectivity index (χ1n) is 8.43. The van der Waals surface area contributed by atoms with Gasteiger partial charge in [-0.1, -0.05) is 12.1 Å². The van der Waals surface area contributed by atoms with Crippen LogP contribution in [0.3, 0.4) is 0 Å². The van der Waals surface area contributed by atoms with Gasteiger partial charge >= 0.3 is 0 Å². The fraction of sp³-hybridized carbons (Fsp3) is 0.333. The standard InChI is InChI=1S/C18H20FN5O2/c19-13-5-1-11(2-6-13)10-23-17(25)15-16(22-8-7-21-15)18(26)24-14(9-20)12-3-4-12/h1-2,5-8,12,14H,3-4,9-10,20H2,(H,23,25)(H,24,26). The zero-order chi connectivity index (χ0) is 18.5. The van der Waals surface area contributed by atoms with Crippen molar-refractivity contribution in [3.63, 3.8) is 0 Å². The molecule has 1 saturated carbocycles. The molecule has 4 N–H and O–H groups in total. The Morgan fingerprint density at radius 1 is 1.12 bits per heavy atom. The van der Waals surface area contributed by atoms with E-state index in [-0.39, 0.29) is 29.8 Å². The SMILES string of the molecule is NCC(NC(=O)c1nccnc1C(=O)NCc1ccc(F)cc1)C1CC1. The van der Waals surface area contributed by atoms with E-state index in [4.69, 9.17) is 5.73 Å². The maximum absolute atomic E-state index is 12.9. The normalized spacial score (nSPS) is 14.5. The predicted molar refractivity (Wildman–Crippen MR) is 92.6 cm³/mol. The lowest BCUT2D eigenvalue weighted by Gasteiger charge is -2.16. The van der Waals surface area contributed by atoms with Crippen molar-refractivity contribution in [2.75, 3.05) is 6.54 Å². The van der Waals surface area contributed by atoms with Crippen LogP contribution in [0.15, 0.2) is 36.7 Å². The summed E-state index contributed by atoms with van der Waals surface area (Å²) >= 11 is 0. The Bertz CT molecular complexity index is 792. The molecule has 3 rings (SSSR count). The van der Waals surface area contributed by atoms with E-state index in [0.717, 1.165) is 18.4 Å². The fourth-order valence-corrected chi connectivity index (χ4v) is 2.64. The first-order chi connectivity index (χ1) is 12.6. The smallest absolute Gasteiger partial charge is 0.272 e.